The largest absolute Gasteiger partial charge is 0.360 e. The highest BCUT2D eigenvalue weighted by molar-refractivity contribution is 5.80. The zero-order valence-electron chi connectivity index (χ0n) is 13.4. The molecular weight excluding hydrogens is 284 g/mol. The summed E-state index contributed by atoms with van der Waals surface area (Å²) in [5, 5.41) is 1.21. The second-order valence-electron chi connectivity index (χ2n) is 6.11. The Kier molecular flexibility index (Phi) is 3.37. The molecule has 2 N–H and O–H groups in total. The number of H-pyrrole nitrogens is 2. The van der Waals surface area contributed by atoms with E-state index in [4.69, 9.17) is 4.98 Å². The van der Waals surface area contributed by atoms with Gasteiger partial charge in [0.05, 0.1) is 11.0 Å². The summed E-state index contributed by atoms with van der Waals surface area (Å²) in [7, 11) is 0. The van der Waals surface area contributed by atoms with E-state index in [1.807, 2.05) is 12.3 Å². The van der Waals surface area contributed by atoms with Gasteiger partial charge in [0.25, 0.3) is 0 Å². The molecule has 0 amide bonds. The molecule has 0 bridgehead atoms. The minimum atomic E-state index is 0.391. The summed E-state index contributed by atoms with van der Waals surface area (Å²) in [6.45, 7) is 4.41. The lowest BCUT2D eigenvalue weighted by Crippen LogP contribution is -2.00. The van der Waals surface area contributed by atoms with Crippen LogP contribution in [-0.2, 0) is 12.8 Å². The van der Waals surface area contributed by atoms with Crippen LogP contribution in [0.1, 0.15) is 36.6 Å². The highest BCUT2D eigenvalue weighted by Gasteiger charge is 2.14. The van der Waals surface area contributed by atoms with Gasteiger partial charge in [-0.2, -0.15) is 0 Å². The number of nitrogens with zero attached hydrogens (tertiary/aromatic N) is 2. The molecule has 1 unspecified atom stereocenters. The van der Waals surface area contributed by atoms with Crippen molar-refractivity contribution < 1.29 is 0 Å². The number of rotatable bonds is 4. The third-order valence-corrected chi connectivity index (χ3v) is 4.57. The molecule has 0 saturated heterocycles. The van der Waals surface area contributed by atoms with Gasteiger partial charge in [0, 0.05) is 29.7 Å². The number of aromatic nitrogens is 4. The van der Waals surface area contributed by atoms with Crippen LogP contribution >= 0.6 is 0 Å². The summed E-state index contributed by atoms with van der Waals surface area (Å²) >= 11 is 0. The van der Waals surface area contributed by atoms with E-state index in [1.165, 1.54) is 16.5 Å². The van der Waals surface area contributed by atoms with Crippen molar-refractivity contribution in [1.29, 1.82) is 0 Å². The molecule has 4 aromatic heterocycles. The van der Waals surface area contributed by atoms with Crippen molar-refractivity contribution in [2.45, 2.75) is 32.6 Å². The van der Waals surface area contributed by atoms with Gasteiger partial charge in [0.1, 0.15) is 5.65 Å². The lowest BCUT2D eigenvalue weighted by molar-refractivity contribution is 0.749. The highest BCUT2D eigenvalue weighted by Crippen LogP contribution is 2.27. The number of nitrogens with one attached hydrogen (secondary N) is 2. The molecule has 0 aromatic carbocycles. The maximum atomic E-state index is 4.88. The molecule has 4 heteroatoms. The van der Waals surface area contributed by atoms with Crippen LogP contribution < -0.4 is 0 Å². The summed E-state index contributed by atoms with van der Waals surface area (Å²) in [6.07, 6.45) is 7.89. The van der Waals surface area contributed by atoms with E-state index in [0.29, 0.717) is 5.92 Å². The number of hydrogen-bond donors (Lipinski definition) is 2. The first kappa shape index (κ1) is 14.0. The van der Waals surface area contributed by atoms with Crippen molar-refractivity contribution in [1.82, 2.24) is 19.9 Å². The summed E-state index contributed by atoms with van der Waals surface area (Å²) in [6, 6.07) is 8.38. The maximum absolute atomic E-state index is 4.88. The predicted octanol–water partition coefficient (Wildman–Crippen LogP) is 4.35. The molecule has 4 rings (SSSR count). The third-order valence-electron chi connectivity index (χ3n) is 4.57. The summed E-state index contributed by atoms with van der Waals surface area (Å²) in [4.78, 5) is 15.8. The second-order valence-corrected chi connectivity index (χ2v) is 6.11. The Morgan fingerprint density at radius 1 is 1.13 bits per heavy atom. The minimum absolute atomic E-state index is 0.391. The van der Waals surface area contributed by atoms with Crippen LogP contribution in [0.25, 0.3) is 22.1 Å². The van der Waals surface area contributed by atoms with Crippen molar-refractivity contribution in [2.75, 3.05) is 0 Å². The molecule has 0 saturated carbocycles. The van der Waals surface area contributed by atoms with E-state index in [1.54, 1.807) is 0 Å². The predicted molar refractivity (Wildman–Crippen MR) is 93.7 cm³/mol. The number of aromatic amines is 2. The molecule has 4 nitrogen and oxygen atoms in total. The van der Waals surface area contributed by atoms with Gasteiger partial charge in [-0.05, 0) is 54.2 Å². The number of aryl methyl sites for hydroxylation is 1. The minimum Gasteiger partial charge on any atom is -0.360 e. The van der Waals surface area contributed by atoms with Crippen LogP contribution in [0.3, 0.4) is 0 Å². The lowest BCUT2D eigenvalue weighted by atomic mass is 9.96. The zero-order valence-corrected chi connectivity index (χ0v) is 13.4. The third kappa shape index (κ3) is 2.40. The molecule has 0 aliphatic heterocycles. The van der Waals surface area contributed by atoms with E-state index < -0.39 is 0 Å². The maximum Gasteiger partial charge on any atom is 0.137 e. The van der Waals surface area contributed by atoms with E-state index in [9.17, 15) is 0 Å². The quantitative estimate of drug-likeness (QED) is 0.589. The molecule has 23 heavy (non-hydrogen) atoms. The number of hydrogen-bond acceptors (Lipinski definition) is 2. The van der Waals surface area contributed by atoms with E-state index >= 15 is 0 Å². The Morgan fingerprint density at radius 3 is 2.91 bits per heavy atom. The normalized spacial score (nSPS) is 13.0. The van der Waals surface area contributed by atoms with Crippen molar-refractivity contribution >= 4 is 22.1 Å². The summed E-state index contributed by atoms with van der Waals surface area (Å²) < 4.78 is 0. The van der Waals surface area contributed by atoms with Crippen LogP contribution in [0.4, 0.5) is 0 Å². The topological polar surface area (TPSA) is 57.4 Å². The molecule has 4 aromatic rings. The fraction of sp³-hybridized carbons (Fsp3) is 0.263. The van der Waals surface area contributed by atoms with Gasteiger partial charge in [0.15, 0.2) is 0 Å². The standard InChI is InChI=1S/C19H20N4/c1-3-13-10-21-17-7-6-14(23-18(13)17)9-12(2)16-11-22-19-15(16)5-4-8-20-19/h4-8,10-12,21H,3,9H2,1-2H3,(H,20,22). The fourth-order valence-corrected chi connectivity index (χ4v) is 3.29. The first-order valence-electron chi connectivity index (χ1n) is 8.14. The van der Waals surface area contributed by atoms with Crippen molar-refractivity contribution in [2.24, 2.45) is 0 Å². The Morgan fingerprint density at radius 2 is 2.04 bits per heavy atom. The first-order valence-corrected chi connectivity index (χ1v) is 8.14. The van der Waals surface area contributed by atoms with Crippen LogP contribution in [-0.4, -0.2) is 19.9 Å². The Hall–Kier alpha value is -2.62. The smallest absolute Gasteiger partial charge is 0.137 e. The van der Waals surface area contributed by atoms with E-state index in [2.05, 4.69) is 59.4 Å². The van der Waals surface area contributed by atoms with E-state index in [-0.39, 0.29) is 0 Å². The van der Waals surface area contributed by atoms with Crippen LogP contribution in [0.15, 0.2) is 42.9 Å². The molecule has 4 heterocycles. The van der Waals surface area contributed by atoms with Gasteiger partial charge in [0.2, 0.25) is 0 Å². The molecule has 0 fully saturated rings. The van der Waals surface area contributed by atoms with Gasteiger partial charge in [-0.25, -0.2) is 4.98 Å². The molecular formula is C19H20N4. The number of fused-ring (bicyclic) bond motifs is 2. The lowest BCUT2D eigenvalue weighted by Gasteiger charge is -2.10. The molecule has 116 valence electrons. The molecule has 1 atom stereocenters. The molecule has 0 aliphatic carbocycles. The Labute approximate surface area is 135 Å². The monoisotopic (exact) mass is 304 g/mol. The second kappa shape index (κ2) is 5.54. The van der Waals surface area contributed by atoms with Gasteiger partial charge >= 0.3 is 0 Å². The fourth-order valence-electron chi connectivity index (χ4n) is 3.29. The van der Waals surface area contributed by atoms with Crippen molar-refractivity contribution in [3.05, 3.63) is 59.7 Å². The van der Waals surface area contributed by atoms with Gasteiger partial charge < -0.3 is 9.97 Å². The summed E-state index contributed by atoms with van der Waals surface area (Å²) in [5.74, 6) is 0.391. The number of pyridine rings is 2. The van der Waals surface area contributed by atoms with Crippen LogP contribution in [0, 0.1) is 0 Å². The average molecular weight is 304 g/mol. The molecule has 0 spiro atoms. The van der Waals surface area contributed by atoms with Crippen LogP contribution in [0.5, 0.6) is 0 Å². The SMILES string of the molecule is CCc1c[nH]c2ccc(CC(C)c3c[nH]c4ncccc34)nc12. The molecule has 0 aliphatic rings. The van der Waals surface area contributed by atoms with Gasteiger partial charge in [-0.1, -0.05) is 13.8 Å². The zero-order chi connectivity index (χ0) is 15.8. The highest BCUT2D eigenvalue weighted by atomic mass is 14.8. The van der Waals surface area contributed by atoms with E-state index in [0.717, 1.165) is 35.2 Å². The van der Waals surface area contributed by atoms with Crippen LogP contribution in [0.2, 0.25) is 0 Å². The average Bonchev–Trinajstić information content (AvgIpc) is 3.18. The van der Waals surface area contributed by atoms with Crippen molar-refractivity contribution in [3.63, 3.8) is 0 Å². The van der Waals surface area contributed by atoms with Gasteiger partial charge in [-0.3, -0.25) is 4.98 Å². The molecule has 0 radical (unpaired) electrons. The summed E-state index contributed by atoms with van der Waals surface area (Å²) in [5.41, 5.74) is 6.91. The van der Waals surface area contributed by atoms with Gasteiger partial charge in [-0.15, -0.1) is 0 Å². The Bertz CT molecular complexity index is 964. The van der Waals surface area contributed by atoms with Crippen molar-refractivity contribution in [3.8, 4) is 0 Å². The Balaban J connectivity index is 1.66. The first-order chi connectivity index (χ1) is 11.3.